The quantitative estimate of drug-likeness (QED) is 0.656. The van der Waals surface area contributed by atoms with Crippen molar-refractivity contribution in [3.8, 4) is 11.5 Å². The molecule has 0 saturated heterocycles. The van der Waals surface area contributed by atoms with Crippen molar-refractivity contribution in [1.29, 1.82) is 0 Å². The van der Waals surface area contributed by atoms with Crippen molar-refractivity contribution in [2.24, 2.45) is 5.84 Å². The molecule has 0 heterocycles. The molecule has 0 amide bonds. The van der Waals surface area contributed by atoms with Gasteiger partial charge in [-0.1, -0.05) is 23.8 Å². The molecular weight excluding hydrogens is 271 g/mol. The largest absolute Gasteiger partial charge is 0.496 e. The number of rotatable bonds is 5. The molecule has 2 aromatic rings. The Bertz CT molecular complexity index is 632. The molecule has 0 aliphatic carbocycles. The van der Waals surface area contributed by atoms with Crippen LogP contribution < -0.4 is 20.7 Å². The third-order valence-electron chi connectivity index (χ3n) is 3.37. The first-order valence-corrected chi connectivity index (χ1v) is 6.54. The molecule has 2 aromatic carbocycles. The number of hydrogen-bond acceptors (Lipinski definition) is 4. The van der Waals surface area contributed by atoms with E-state index in [4.69, 9.17) is 15.3 Å². The second kappa shape index (κ2) is 6.56. The van der Waals surface area contributed by atoms with Crippen LogP contribution >= 0.6 is 0 Å². The van der Waals surface area contributed by atoms with Gasteiger partial charge in [-0.15, -0.1) is 0 Å². The summed E-state index contributed by atoms with van der Waals surface area (Å²) in [5.41, 5.74) is 5.51. The summed E-state index contributed by atoms with van der Waals surface area (Å²) >= 11 is 0. The number of hydrogen-bond donors (Lipinski definition) is 2. The Morgan fingerprint density at radius 3 is 2.38 bits per heavy atom. The molecule has 4 nitrogen and oxygen atoms in total. The summed E-state index contributed by atoms with van der Waals surface area (Å²) in [6, 6.07) is 10.2. The zero-order chi connectivity index (χ0) is 15.4. The smallest absolute Gasteiger partial charge is 0.165 e. The van der Waals surface area contributed by atoms with Crippen molar-refractivity contribution in [1.82, 2.24) is 5.43 Å². The molecule has 0 aliphatic heterocycles. The maximum atomic E-state index is 13.5. The zero-order valence-corrected chi connectivity index (χ0v) is 12.3. The van der Waals surface area contributed by atoms with Crippen molar-refractivity contribution in [3.05, 3.63) is 58.9 Å². The van der Waals surface area contributed by atoms with Gasteiger partial charge in [-0.3, -0.25) is 5.84 Å². The average molecular weight is 290 g/mol. The van der Waals surface area contributed by atoms with Crippen LogP contribution in [0.3, 0.4) is 0 Å². The predicted octanol–water partition coefficient (Wildman–Crippen LogP) is 2.70. The Morgan fingerprint density at radius 2 is 1.76 bits per heavy atom. The molecule has 3 N–H and O–H groups in total. The van der Waals surface area contributed by atoms with Gasteiger partial charge in [-0.2, -0.15) is 0 Å². The van der Waals surface area contributed by atoms with Crippen molar-refractivity contribution >= 4 is 0 Å². The second-order valence-corrected chi connectivity index (χ2v) is 4.74. The number of methoxy groups -OCH3 is 2. The topological polar surface area (TPSA) is 56.5 Å². The normalized spacial score (nSPS) is 12.0. The van der Waals surface area contributed by atoms with Gasteiger partial charge in [-0.05, 0) is 30.7 Å². The highest BCUT2D eigenvalue weighted by Gasteiger charge is 2.19. The van der Waals surface area contributed by atoms with Gasteiger partial charge < -0.3 is 9.47 Å². The van der Waals surface area contributed by atoms with Crippen LogP contribution in [0.2, 0.25) is 0 Å². The lowest BCUT2D eigenvalue weighted by Crippen LogP contribution is -2.29. The number of nitrogens with one attached hydrogen (secondary N) is 1. The Balaban J connectivity index is 2.51. The van der Waals surface area contributed by atoms with Gasteiger partial charge in [0.1, 0.15) is 5.75 Å². The molecule has 0 spiro atoms. The van der Waals surface area contributed by atoms with Crippen LogP contribution in [0.5, 0.6) is 11.5 Å². The summed E-state index contributed by atoms with van der Waals surface area (Å²) in [6.07, 6.45) is 0. The van der Waals surface area contributed by atoms with Crippen LogP contribution in [-0.2, 0) is 0 Å². The summed E-state index contributed by atoms with van der Waals surface area (Å²) in [7, 11) is 3.04. The summed E-state index contributed by atoms with van der Waals surface area (Å²) in [4.78, 5) is 0. The molecule has 1 atom stereocenters. The molecule has 0 aromatic heterocycles. The number of halogens is 1. The van der Waals surface area contributed by atoms with Crippen LogP contribution in [0.4, 0.5) is 4.39 Å². The number of aryl methyl sites for hydroxylation is 1. The Labute approximate surface area is 123 Å². The van der Waals surface area contributed by atoms with E-state index in [1.807, 2.05) is 25.1 Å². The molecule has 2 rings (SSSR count). The fourth-order valence-corrected chi connectivity index (χ4v) is 2.30. The molecule has 1 unspecified atom stereocenters. The van der Waals surface area contributed by atoms with Crippen molar-refractivity contribution < 1.29 is 13.9 Å². The van der Waals surface area contributed by atoms with E-state index < -0.39 is 5.82 Å². The number of ether oxygens (including phenoxy) is 2. The van der Waals surface area contributed by atoms with Crippen LogP contribution in [0.15, 0.2) is 36.4 Å². The first kappa shape index (κ1) is 15.3. The summed E-state index contributed by atoms with van der Waals surface area (Å²) in [5.74, 6) is 6.19. The molecule has 0 aliphatic rings. The lowest BCUT2D eigenvalue weighted by molar-refractivity contribution is 0.384. The van der Waals surface area contributed by atoms with Crippen LogP contribution in [0, 0.1) is 12.7 Å². The fraction of sp³-hybridized carbons (Fsp3) is 0.250. The molecule has 0 radical (unpaired) electrons. The summed E-state index contributed by atoms with van der Waals surface area (Å²) < 4.78 is 24.0. The lowest BCUT2D eigenvalue weighted by atomic mass is 9.96. The van der Waals surface area contributed by atoms with Crippen LogP contribution in [-0.4, -0.2) is 14.2 Å². The maximum absolute atomic E-state index is 13.5. The fourth-order valence-electron chi connectivity index (χ4n) is 2.30. The number of benzene rings is 2. The molecular formula is C16H19FN2O2. The summed E-state index contributed by atoms with van der Waals surface area (Å²) in [5, 5.41) is 0. The Hall–Kier alpha value is -2.11. The van der Waals surface area contributed by atoms with E-state index in [1.54, 1.807) is 19.2 Å². The molecule has 0 fully saturated rings. The van der Waals surface area contributed by atoms with E-state index >= 15 is 0 Å². The standard InChI is InChI=1S/C16H19FN2O2/c1-10-4-7-14(20-2)12(8-10)16(19-18)11-5-6-13(17)15(9-11)21-3/h4-9,16,19H,18H2,1-3H3. The van der Waals surface area contributed by atoms with Crippen molar-refractivity contribution in [3.63, 3.8) is 0 Å². The lowest BCUT2D eigenvalue weighted by Gasteiger charge is -2.20. The van der Waals surface area contributed by atoms with Crippen LogP contribution in [0.1, 0.15) is 22.7 Å². The molecule has 21 heavy (non-hydrogen) atoms. The highest BCUT2D eigenvalue weighted by Crippen LogP contribution is 2.32. The van der Waals surface area contributed by atoms with Gasteiger partial charge in [0.25, 0.3) is 0 Å². The third kappa shape index (κ3) is 3.15. The van der Waals surface area contributed by atoms with Gasteiger partial charge in [0, 0.05) is 5.56 Å². The van der Waals surface area contributed by atoms with Crippen LogP contribution in [0.25, 0.3) is 0 Å². The Kier molecular flexibility index (Phi) is 4.77. The monoisotopic (exact) mass is 290 g/mol. The SMILES string of the molecule is COc1cc(C(NN)c2cc(C)ccc2OC)ccc1F. The van der Waals surface area contributed by atoms with E-state index in [0.717, 1.165) is 16.7 Å². The first-order chi connectivity index (χ1) is 10.1. The average Bonchev–Trinajstić information content (AvgIpc) is 2.50. The van der Waals surface area contributed by atoms with E-state index in [9.17, 15) is 4.39 Å². The summed E-state index contributed by atoms with van der Waals surface area (Å²) in [6.45, 7) is 1.99. The number of nitrogens with two attached hydrogens (primary N) is 1. The molecule has 5 heteroatoms. The van der Waals surface area contributed by atoms with Gasteiger partial charge in [-0.25, -0.2) is 9.82 Å². The predicted molar refractivity (Wildman–Crippen MR) is 79.8 cm³/mol. The van der Waals surface area contributed by atoms with E-state index in [2.05, 4.69) is 5.43 Å². The van der Waals surface area contributed by atoms with Crippen molar-refractivity contribution in [2.45, 2.75) is 13.0 Å². The van der Waals surface area contributed by atoms with Gasteiger partial charge >= 0.3 is 0 Å². The number of hydrazine groups is 1. The van der Waals surface area contributed by atoms with E-state index in [1.165, 1.54) is 13.2 Å². The molecule has 0 bridgehead atoms. The zero-order valence-electron chi connectivity index (χ0n) is 12.3. The minimum absolute atomic E-state index is 0.180. The highest BCUT2D eigenvalue weighted by molar-refractivity contribution is 5.45. The molecule has 0 saturated carbocycles. The first-order valence-electron chi connectivity index (χ1n) is 6.54. The van der Waals surface area contributed by atoms with Gasteiger partial charge in [0.15, 0.2) is 11.6 Å². The van der Waals surface area contributed by atoms with Gasteiger partial charge in [0.05, 0.1) is 20.3 Å². The highest BCUT2D eigenvalue weighted by atomic mass is 19.1. The Morgan fingerprint density at radius 1 is 1.05 bits per heavy atom. The third-order valence-corrected chi connectivity index (χ3v) is 3.37. The maximum Gasteiger partial charge on any atom is 0.165 e. The minimum Gasteiger partial charge on any atom is -0.496 e. The molecule has 112 valence electrons. The second-order valence-electron chi connectivity index (χ2n) is 4.74. The van der Waals surface area contributed by atoms with Crippen molar-refractivity contribution in [2.75, 3.05) is 14.2 Å². The minimum atomic E-state index is -0.409. The van der Waals surface area contributed by atoms with E-state index in [-0.39, 0.29) is 11.8 Å². The van der Waals surface area contributed by atoms with Gasteiger partial charge in [0.2, 0.25) is 0 Å². The van der Waals surface area contributed by atoms with E-state index in [0.29, 0.717) is 5.75 Å².